The van der Waals surface area contributed by atoms with Gasteiger partial charge in [-0.25, -0.2) is 4.98 Å². The van der Waals surface area contributed by atoms with Crippen molar-refractivity contribution in [1.82, 2.24) is 10.3 Å². The molecule has 0 radical (unpaired) electrons. The van der Waals surface area contributed by atoms with Crippen molar-refractivity contribution in [2.24, 2.45) is 0 Å². The van der Waals surface area contributed by atoms with Crippen LogP contribution in [0.15, 0.2) is 35.7 Å². The minimum atomic E-state index is 0.837. The van der Waals surface area contributed by atoms with E-state index in [1.807, 2.05) is 25.2 Å². The van der Waals surface area contributed by atoms with E-state index in [-0.39, 0.29) is 0 Å². The molecule has 3 heteroatoms. The van der Waals surface area contributed by atoms with Gasteiger partial charge in [0.15, 0.2) is 0 Å². The molecule has 0 aliphatic carbocycles. The van der Waals surface area contributed by atoms with Crippen molar-refractivity contribution in [3.63, 3.8) is 0 Å². The third-order valence-corrected chi connectivity index (χ3v) is 2.87. The average Bonchev–Trinajstić information content (AvgIpc) is 2.68. The third kappa shape index (κ3) is 2.00. The maximum atomic E-state index is 4.53. The Morgan fingerprint density at radius 1 is 1.29 bits per heavy atom. The number of hydrogen-bond acceptors (Lipinski definition) is 3. The summed E-state index contributed by atoms with van der Waals surface area (Å²) in [6, 6.07) is 10.3. The molecule has 0 unspecified atom stereocenters. The molecule has 1 aromatic carbocycles. The molecule has 2 aromatic rings. The molecule has 0 fully saturated rings. The van der Waals surface area contributed by atoms with Gasteiger partial charge >= 0.3 is 0 Å². The van der Waals surface area contributed by atoms with E-state index in [2.05, 4.69) is 27.8 Å². The fraction of sp³-hybridized carbons (Fsp3) is 0.182. The highest BCUT2D eigenvalue weighted by Gasteiger charge is 2.02. The number of rotatable bonds is 3. The van der Waals surface area contributed by atoms with Crippen LogP contribution in [-0.4, -0.2) is 12.0 Å². The zero-order valence-electron chi connectivity index (χ0n) is 8.03. The molecule has 0 saturated heterocycles. The highest BCUT2D eigenvalue weighted by molar-refractivity contribution is 7.13. The van der Waals surface area contributed by atoms with Crippen LogP contribution in [0.1, 0.15) is 5.69 Å². The van der Waals surface area contributed by atoms with E-state index < -0.39 is 0 Å². The number of nitrogens with zero attached hydrogens (tertiary/aromatic N) is 1. The molecule has 1 N–H and O–H groups in total. The van der Waals surface area contributed by atoms with Crippen LogP contribution >= 0.6 is 11.3 Å². The summed E-state index contributed by atoms with van der Waals surface area (Å²) in [6.45, 7) is 0.837. The summed E-state index contributed by atoms with van der Waals surface area (Å²) in [7, 11) is 1.93. The maximum Gasteiger partial charge on any atom is 0.123 e. The topological polar surface area (TPSA) is 24.9 Å². The molecule has 0 aliphatic heterocycles. The molecule has 1 heterocycles. The number of thiazole rings is 1. The fourth-order valence-corrected chi connectivity index (χ4v) is 2.11. The Hall–Kier alpha value is -1.19. The smallest absolute Gasteiger partial charge is 0.123 e. The van der Waals surface area contributed by atoms with Crippen molar-refractivity contribution in [2.75, 3.05) is 7.05 Å². The lowest BCUT2D eigenvalue weighted by Crippen LogP contribution is -2.04. The molecule has 0 aliphatic rings. The van der Waals surface area contributed by atoms with Crippen molar-refractivity contribution >= 4 is 11.3 Å². The molecule has 0 saturated carbocycles. The van der Waals surface area contributed by atoms with Crippen molar-refractivity contribution in [3.8, 4) is 10.6 Å². The number of nitrogens with one attached hydrogen (secondary N) is 1. The van der Waals surface area contributed by atoms with Gasteiger partial charge in [0.2, 0.25) is 0 Å². The highest BCUT2D eigenvalue weighted by atomic mass is 32.1. The first kappa shape index (κ1) is 9.37. The molecule has 1 aromatic heterocycles. The average molecular weight is 204 g/mol. The van der Waals surface area contributed by atoms with Gasteiger partial charge in [-0.15, -0.1) is 11.3 Å². The second kappa shape index (κ2) is 4.35. The van der Waals surface area contributed by atoms with Gasteiger partial charge in [-0.3, -0.25) is 0 Å². The van der Waals surface area contributed by atoms with Crippen LogP contribution in [0.3, 0.4) is 0 Å². The van der Waals surface area contributed by atoms with Gasteiger partial charge in [0.25, 0.3) is 0 Å². The summed E-state index contributed by atoms with van der Waals surface area (Å²) in [5, 5.41) is 6.28. The first-order valence-electron chi connectivity index (χ1n) is 4.54. The Bertz CT molecular complexity index is 395. The van der Waals surface area contributed by atoms with Gasteiger partial charge in [0.1, 0.15) is 5.01 Å². The van der Waals surface area contributed by atoms with Gasteiger partial charge in [-0.1, -0.05) is 30.3 Å². The molecule has 0 bridgehead atoms. The Labute approximate surface area is 87.6 Å². The molecule has 72 valence electrons. The van der Waals surface area contributed by atoms with Crippen molar-refractivity contribution < 1.29 is 0 Å². The van der Waals surface area contributed by atoms with Gasteiger partial charge in [0.05, 0.1) is 5.69 Å². The van der Waals surface area contributed by atoms with Crippen molar-refractivity contribution in [1.29, 1.82) is 0 Å². The first-order valence-corrected chi connectivity index (χ1v) is 5.42. The Morgan fingerprint density at radius 3 is 2.79 bits per heavy atom. The van der Waals surface area contributed by atoms with E-state index in [1.165, 1.54) is 5.56 Å². The number of benzene rings is 1. The summed E-state index contributed by atoms with van der Waals surface area (Å²) in [5.74, 6) is 0. The summed E-state index contributed by atoms with van der Waals surface area (Å²) < 4.78 is 0. The monoisotopic (exact) mass is 204 g/mol. The maximum absolute atomic E-state index is 4.53. The van der Waals surface area contributed by atoms with Crippen LogP contribution in [0.5, 0.6) is 0 Å². The lowest BCUT2D eigenvalue weighted by atomic mass is 10.2. The van der Waals surface area contributed by atoms with Crippen LogP contribution in [0, 0.1) is 0 Å². The lowest BCUT2D eigenvalue weighted by Gasteiger charge is -1.94. The SMILES string of the molecule is CNCc1csc(-c2ccccc2)n1. The summed E-state index contributed by atoms with van der Waals surface area (Å²) >= 11 is 1.69. The summed E-state index contributed by atoms with van der Waals surface area (Å²) in [6.07, 6.45) is 0. The highest BCUT2D eigenvalue weighted by Crippen LogP contribution is 2.22. The van der Waals surface area contributed by atoms with E-state index in [0.717, 1.165) is 17.2 Å². The van der Waals surface area contributed by atoms with Crippen LogP contribution in [-0.2, 0) is 6.54 Å². The predicted octanol–water partition coefficient (Wildman–Crippen LogP) is 2.53. The molecular weight excluding hydrogens is 192 g/mol. The summed E-state index contributed by atoms with van der Waals surface area (Å²) in [5.41, 5.74) is 2.30. The standard InChI is InChI=1S/C11H12N2S/c1-12-7-10-8-14-11(13-10)9-5-3-2-4-6-9/h2-6,8,12H,7H2,1H3. The molecular formula is C11H12N2S. The van der Waals surface area contributed by atoms with Crippen LogP contribution in [0.25, 0.3) is 10.6 Å². The molecule has 0 atom stereocenters. The molecule has 2 rings (SSSR count). The van der Waals surface area contributed by atoms with E-state index >= 15 is 0 Å². The predicted molar refractivity (Wildman–Crippen MR) is 60.3 cm³/mol. The third-order valence-electron chi connectivity index (χ3n) is 1.93. The van der Waals surface area contributed by atoms with Gasteiger partial charge in [-0.05, 0) is 7.05 Å². The van der Waals surface area contributed by atoms with Crippen molar-refractivity contribution in [2.45, 2.75) is 6.54 Å². The molecule has 14 heavy (non-hydrogen) atoms. The number of hydrogen-bond donors (Lipinski definition) is 1. The van der Waals surface area contributed by atoms with E-state index in [9.17, 15) is 0 Å². The zero-order valence-corrected chi connectivity index (χ0v) is 8.84. The normalized spacial score (nSPS) is 10.4. The summed E-state index contributed by atoms with van der Waals surface area (Å²) in [4.78, 5) is 4.53. The second-order valence-corrected chi connectivity index (χ2v) is 3.90. The van der Waals surface area contributed by atoms with Crippen LogP contribution in [0.2, 0.25) is 0 Å². The van der Waals surface area contributed by atoms with E-state index in [4.69, 9.17) is 0 Å². The molecule has 0 spiro atoms. The fourth-order valence-electron chi connectivity index (χ4n) is 1.28. The van der Waals surface area contributed by atoms with Gasteiger partial charge in [0, 0.05) is 17.5 Å². The van der Waals surface area contributed by atoms with E-state index in [1.54, 1.807) is 11.3 Å². The molecule has 0 amide bonds. The molecule has 2 nitrogen and oxygen atoms in total. The lowest BCUT2D eigenvalue weighted by molar-refractivity contribution is 0.798. The minimum absolute atomic E-state index is 0.837. The minimum Gasteiger partial charge on any atom is -0.314 e. The van der Waals surface area contributed by atoms with Gasteiger partial charge < -0.3 is 5.32 Å². The quantitative estimate of drug-likeness (QED) is 0.831. The Morgan fingerprint density at radius 2 is 2.07 bits per heavy atom. The Kier molecular flexibility index (Phi) is 2.91. The van der Waals surface area contributed by atoms with Crippen molar-refractivity contribution in [3.05, 3.63) is 41.4 Å². The number of aromatic nitrogens is 1. The van der Waals surface area contributed by atoms with E-state index in [0.29, 0.717) is 0 Å². The first-order chi connectivity index (χ1) is 6.90. The van der Waals surface area contributed by atoms with Crippen LogP contribution < -0.4 is 5.32 Å². The van der Waals surface area contributed by atoms with Gasteiger partial charge in [-0.2, -0.15) is 0 Å². The largest absolute Gasteiger partial charge is 0.314 e. The van der Waals surface area contributed by atoms with Crippen LogP contribution in [0.4, 0.5) is 0 Å². The Balaban J connectivity index is 2.25. The zero-order chi connectivity index (χ0) is 9.80. The second-order valence-electron chi connectivity index (χ2n) is 3.04.